The summed E-state index contributed by atoms with van der Waals surface area (Å²) in [7, 11) is 9.53. The average Bonchev–Trinajstić information content (AvgIpc) is 3.97. The van der Waals surface area contributed by atoms with Crippen LogP contribution in [0.25, 0.3) is 68.7 Å². The number of aromatic nitrogens is 4. The zero-order chi connectivity index (χ0) is 48.4. The Hall–Kier alpha value is -7.03. The zero-order valence-corrected chi connectivity index (χ0v) is 44.5. The molecule has 0 aliphatic rings. The van der Waals surface area contributed by atoms with Gasteiger partial charge in [-0.3, -0.25) is 19.6 Å². The number of esters is 2. The van der Waals surface area contributed by atoms with E-state index in [1.807, 2.05) is 97.1 Å². The van der Waals surface area contributed by atoms with Crippen molar-refractivity contribution < 1.29 is 53.7 Å². The fourth-order valence-electron chi connectivity index (χ4n) is 7.14. The summed E-state index contributed by atoms with van der Waals surface area (Å²) in [6, 6.07) is 45.6. The minimum absolute atomic E-state index is 0.113. The first-order valence-corrected chi connectivity index (χ1v) is 28.9. The molecule has 0 amide bonds. The molecule has 0 spiro atoms. The SMILES string of the molecule is CCC(=O)Oc1ccccc1-c1[n-]/c(=C(/C#N)c2cc(/C=C/c3ccccc3)ccn2)c2c(-c3ccccc3OC(=O)CC)[n-]/c(=C(/C#N)c3cc(/C=C/c4ccccc4)ccn3)c12.[Cl][Zn+].[Cl][Zn+]. The quantitative estimate of drug-likeness (QED) is 0.0656. The molecule has 0 fully saturated rings. The second kappa shape index (κ2) is 25.2. The monoisotopic (exact) mass is 1030 g/mol. The van der Waals surface area contributed by atoms with Gasteiger partial charge in [0.15, 0.2) is 0 Å². The van der Waals surface area contributed by atoms with Gasteiger partial charge in [-0.1, -0.05) is 135 Å². The van der Waals surface area contributed by atoms with Gasteiger partial charge in [-0.25, -0.2) is 0 Å². The van der Waals surface area contributed by atoms with Gasteiger partial charge in [-0.15, -0.1) is 22.1 Å². The number of para-hydroxylation sites is 2. The third-order valence-electron chi connectivity index (χ3n) is 10.3. The van der Waals surface area contributed by atoms with Crippen LogP contribution in [0.3, 0.4) is 0 Å². The molecule has 0 saturated heterocycles. The molecule has 4 heterocycles. The number of ether oxygens (including phenoxy) is 2. The molecule has 8 aromatic rings. The van der Waals surface area contributed by atoms with Crippen molar-refractivity contribution in [1.82, 2.24) is 19.9 Å². The van der Waals surface area contributed by atoms with Crippen LogP contribution in [0.1, 0.15) is 60.3 Å². The summed E-state index contributed by atoms with van der Waals surface area (Å²) in [6.45, 7) is 3.40. The summed E-state index contributed by atoms with van der Waals surface area (Å²) >= 11 is 1.69. The fraction of sp³-hybridized carbons (Fsp3) is 0.0741. The number of fused-ring (bicyclic) bond motifs is 1. The number of rotatable bonds is 12. The van der Waals surface area contributed by atoms with Crippen LogP contribution in [-0.2, 0) is 44.2 Å². The van der Waals surface area contributed by atoms with E-state index >= 15 is 0 Å². The molecule has 0 bridgehead atoms. The fourth-order valence-corrected chi connectivity index (χ4v) is 7.14. The van der Waals surface area contributed by atoms with Crippen molar-refractivity contribution in [2.45, 2.75) is 26.7 Å². The number of pyridine rings is 2. The maximum atomic E-state index is 12.9. The Labute approximate surface area is 421 Å². The third kappa shape index (κ3) is 11.9. The molecule has 10 nitrogen and oxygen atoms in total. The molecular weight excluding hydrogens is 998 g/mol. The van der Waals surface area contributed by atoms with Crippen molar-refractivity contribution >= 4 is 77.5 Å². The molecule has 68 heavy (non-hydrogen) atoms. The molecule has 0 aliphatic heterocycles. The van der Waals surface area contributed by atoms with E-state index in [4.69, 9.17) is 38.8 Å². The second-order valence-electron chi connectivity index (χ2n) is 14.4. The molecule has 0 saturated carbocycles. The van der Waals surface area contributed by atoms with Gasteiger partial charge in [0.1, 0.15) is 23.6 Å². The van der Waals surface area contributed by atoms with Gasteiger partial charge >= 0.3 is 65.9 Å². The van der Waals surface area contributed by atoms with E-state index in [1.165, 1.54) is 0 Å². The molecule has 14 heteroatoms. The summed E-state index contributed by atoms with van der Waals surface area (Å²) in [5.41, 5.74) is 5.87. The van der Waals surface area contributed by atoms with Gasteiger partial charge in [-0.2, -0.15) is 10.5 Å². The van der Waals surface area contributed by atoms with E-state index in [0.29, 0.717) is 44.7 Å². The van der Waals surface area contributed by atoms with Crippen LogP contribution in [0.2, 0.25) is 0 Å². The maximum absolute atomic E-state index is 12.9. The third-order valence-corrected chi connectivity index (χ3v) is 10.3. The Morgan fingerprint density at radius 3 is 1.26 bits per heavy atom. The van der Waals surface area contributed by atoms with Crippen molar-refractivity contribution in [3.8, 4) is 46.2 Å². The summed E-state index contributed by atoms with van der Waals surface area (Å²) in [4.78, 5) is 45.5. The Bertz CT molecular complexity index is 3120. The van der Waals surface area contributed by atoms with Gasteiger partial charge < -0.3 is 19.4 Å². The van der Waals surface area contributed by atoms with Gasteiger partial charge in [0.25, 0.3) is 0 Å². The van der Waals surface area contributed by atoms with Crippen molar-refractivity contribution in [2.75, 3.05) is 0 Å². The molecule has 0 aliphatic carbocycles. The molecular formula is C54H38Cl2N6O4Zn2. The van der Waals surface area contributed by atoms with Crippen LogP contribution < -0.4 is 30.1 Å². The molecule has 8 rings (SSSR count). The first-order chi connectivity index (χ1) is 33.4. The normalized spacial score (nSPS) is 11.7. The van der Waals surface area contributed by atoms with Crippen LogP contribution in [0.4, 0.5) is 0 Å². The van der Waals surface area contributed by atoms with E-state index in [1.54, 1.807) is 86.9 Å². The summed E-state index contributed by atoms with van der Waals surface area (Å²) < 4.78 is 11.7. The van der Waals surface area contributed by atoms with E-state index in [-0.39, 0.29) is 46.2 Å². The Kier molecular flexibility index (Phi) is 18.7. The van der Waals surface area contributed by atoms with E-state index in [2.05, 4.69) is 22.1 Å². The Morgan fingerprint density at radius 1 is 0.544 bits per heavy atom. The van der Waals surface area contributed by atoms with E-state index in [9.17, 15) is 20.1 Å². The molecule has 0 radical (unpaired) electrons. The number of nitriles is 2. The predicted octanol–water partition coefficient (Wildman–Crippen LogP) is 10.7. The van der Waals surface area contributed by atoms with Crippen molar-refractivity contribution in [1.29, 1.82) is 10.5 Å². The molecule has 0 N–H and O–H groups in total. The molecule has 326 valence electrons. The molecule has 0 atom stereocenters. The number of nitrogens with zero attached hydrogens (tertiary/aromatic N) is 6. The van der Waals surface area contributed by atoms with Gasteiger partial charge in [0.05, 0.1) is 22.5 Å². The minimum atomic E-state index is -0.466. The first kappa shape index (κ1) is 50.4. The van der Waals surface area contributed by atoms with Crippen LogP contribution in [0.15, 0.2) is 146 Å². The van der Waals surface area contributed by atoms with E-state index < -0.39 is 11.9 Å². The van der Waals surface area contributed by atoms with Crippen LogP contribution in [0.5, 0.6) is 11.5 Å². The standard InChI is InChI=1S/C54H38N6O4.2ClH.2Zn/c1-3-47(61)63-45-21-13-11-19-39(45)51-49-50(54(59-51)42(34-56)44-32-38(28-30-58-44)26-24-36-17-9-6-10-18-36)52(40-20-12-14-22-46(40)64-48(62)4-2)60-53(49)41(33-55)43-31-37(27-29-57-43)25-23-35-15-7-5-8-16-35;;;;/h5-32H,3-4H2,1-2H3;2*1H;;/q-2;;;2*+2/p-2/b25-23+,26-24+;;;;. The van der Waals surface area contributed by atoms with Crippen LogP contribution in [-0.4, -0.2) is 21.9 Å². The van der Waals surface area contributed by atoms with E-state index in [0.717, 1.165) is 56.9 Å². The summed E-state index contributed by atoms with van der Waals surface area (Å²) in [5.74, 6) is -0.487. The Morgan fingerprint density at radius 2 is 0.897 bits per heavy atom. The van der Waals surface area contributed by atoms with Gasteiger partial charge in [0.2, 0.25) is 0 Å². The number of hydrogen-bond donors (Lipinski definition) is 0. The van der Waals surface area contributed by atoms with Gasteiger partial charge in [-0.05, 0) is 69.4 Å². The van der Waals surface area contributed by atoms with Crippen molar-refractivity contribution in [2.24, 2.45) is 0 Å². The summed E-state index contributed by atoms with van der Waals surface area (Å²) in [5, 5.41) is 23.4. The number of halogens is 2. The van der Waals surface area contributed by atoms with Crippen LogP contribution >= 0.6 is 19.4 Å². The zero-order valence-electron chi connectivity index (χ0n) is 37.1. The second-order valence-corrected chi connectivity index (χ2v) is 14.4. The summed E-state index contributed by atoms with van der Waals surface area (Å²) in [6.07, 6.45) is 11.3. The van der Waals surface area contributed by atoms with Gasteiger partial charge in [0, 0.05) is 36.4 Å². The molecule has 4 aromatic carbocycles. The molecule has 4 aromatic heterocycles. The molecule has 0 unspecified atom stereocenters. The average molecular weight is 1040 g/mol. The van der Waals surface area contributed by atoms with Crippen molar-refractivity contribution in [3.63, 3.8) is 0 Å². The number of carbonyl (C=O) groups excluding carboxylic acids is 2. The number of benzene rings is 4. The number of hydrogen-bond acceptors (Lipinski definition) is 8. The van der Waals surface area contributed by atoms with Crippen molar-refractivity contribution in [3.05, 3.63) is 190 Å². The Balaban J connectivity index is 0.00000185. The predicted molar refractivity (Wildman–Crippen MR) is 260 cm³/mol. The van der Waals surface area contributed by atoms with Crippen LogP contribution in [0, 0.1) is 22.7 Å². The number of carbonyl (C=O) groups is 2. The first-order valence-electron chi connectivity index (χ1n) is 21.1. The topological polar surface area (TPSA) is 154 Å².